The molecule has 1 aromatic heterocycles. The van der Waals surface area contributed by atoms with E-state index in [1.54, 1.807) is 6.20 Å². The summed E-state index contributed by atoms with van der Waals surface area (Å²) in [6.45, 7) is 10.4. The van der Waals surface area contributed by atoms with Gasteiger partial charge in [-0.1, -0.05) is 43.7 Å². The molecule has 0 radical (unpaired) electrons. The summed E-state index contributed by atoms with van der Waals surface area (Å²) in [5, 5.41) is 7.27. The van der Waals surface area contributed by atoms with Crippen LogP contribution in [0.2, 0.25) is 5.02 Å². The Labute approximate surface area is 236 Å². The Morgan fingerprint density at radius 3 is 2.72 bits per heavy atom. The second-order valence-corrected chi connectivity index (χ2v) is 12.7. The summed E-state index contributed by atoms with van der Waals surface area (Å²) in [6.07, 6.45) is 11.8. The van der Waals surface area contributed by atoms with Crippen molar-refractivity contribution in [1.29, 1.82) is 0 Å². The molecule has 4 atom stereocenters. The highest BCUT2D eigenvalue weighted by Gasteiger charge is 2.47. The van der Waals surface area contributed by atoms with Gasteiger partial charge in [0.05, 0.1) is 12.1 Å². The molecule has 1 saturated heterocycles. The number of nitrogens with two attached hydrogens (primary N) is 1. The van der Waals surface area contributed by atoms with E-state index < -0.39 is 0 Å². The Morgan fingerprint density at radius 1 is 1.13 bits per heavy atom. The van der Waals surface area contributed by atoms with Gasteiger partial charge in [-0.15, -0.1) is 0 Å². The zero-order valence-corrected chi connectivity index (χ0v) is 23.8. The van der Waals surface area contributed by atoms with Crippen LogP contribution in [0.5, 0.6) is 0 Å². The van der Waals surface area contributed by atoms with E-state index in [-0.39, 0.29) is 35.1 Å². The minimum absolute atomic E-state index is 0.114. The van der Waals surface area contributed by atoms with Crippen molar-refractivity contribution >= 4 is 40.6 Å². The Balaban J connectivity index is 1.23. The first kappa shape index (κ1) is 26.4. The molecule has 8 nitrogen and oxygen atoms in total. The second kappa shape index (κ2) is 10.6. The van der Waals surface area contributed by atoms with Gasteiger partial charge >= 0.3 is 0 Å². The van der Waals surface area contributed by atoms with Gasteiger partial charge in [0.15, 0.2) is 5.82 Å². The van der Waals surface area contributed by atoms with Crippen molar-refractivity contribution in [3.8, 4) is 0 Å². The summed E-state index contributed by atoms with van der Waals surface area (Å²) in [6, 6.07) is 6.53. The highest BCUT2D eigenvalue weighted by Crippen LogP contribution is 2.45. The monoisotopic (exact) mass is 549 g/mol. The number of likely N-dealkylation sites (tertiary alicyclic amines) is 1. The number of rotatable bonds is 8. The summed E-state index contributed by atoms with van der Waals surface area (Å²) in [7, 11) is 0. The average Bonchev–Trinajstić information content (AvgIpc) is 3.65. The van der Waals surface area contributed by atoms with Crippen LogP contribution in [0, 0.1) is 17.8 Å². The number of carbonyl (C=O) groups excluding carboxylic acids is 1. The van der Waals surface area contributed by atoms with E-state index >= 15 is 0 Å². The number of fused-ring (bicyclic) bond motifs is 3. The highest BCUT2D eigenvalue weighted by atomic mass is 35.5. The minimum atomic E-state index is -0.282. The fourth-order valence-electron chi connectivity index (χ4n) is 7.13. The number of amides is 1. The third-order valence-electron chi connectivity index (χ3n) is 9.27. The van der Waals surface area contributed by atoms with Crippen LogP contribution >= 0.6 is 11.6 Å². The lowest BCUT2D eigenvalue weighted by Gasteiger charge is -2.30. The maximum absolute atomic E-state index is 12.2. The molecule has 2 fully saturated rings. The molecule has 1 aromatic carbocycles. The van der Waals surface area contributed by atoms with E-state index in [4.69, 9.17) is 22.3 Å². The average molecular weight is 550 g/mol. The van der Waals surface area contributed by atoms with Gasteiger partial charge in [0.25, 0.3) is 0 Å². The zero-order chi connectivity index (χ0) is 27.1. The molecule has 4 aliphatic rings. The van der Waals surface area contributed by atoms with Gasteiger partial charge < -0.3 is 26.2 Å². The molecule has 6 rings (SSSR count). The lowest BCUT2D eigenvalue weighted by molar-refractivity contribution is -0.122. The number of hydrogen-bond acceptors (Lipinski definition) is 7. The number of carbonyl (C=O) groups is 1. The maximum atomic E-state index is 12.2. The normalized spacial score (nSPS) is 27.4. The molecule has 2 aliphatic heterocycles. The van der Waals surface area contributed by atoms with E-state index in [9.17, 15) is 4.79 Å². The van der Waals surface area contributed by atoms with E-state index in [2.05, 4.69) is 69.6 Å². The first-order chi connectivity index (χ1) is 18.8. The van der Waals surface area contributed by atoms with Crippen LogP contribution in [0.3, 0.4) is 0 Å². The predicted octanol–water partition coefficient (Wildman–Crippen LogP) is 4.94. The summed E-state index contributed by atoms with van der Waals surface area (Å²) < 4.78 is 0. The Bertz CT molecular complexity index is 1260. The quantitative estimate of drug-likeness (QED) is 0.401. The van der Waals surface area contributed by atoms with Gasteiger partial charge in [-0.3, -0.25) is 4.79 Å². The maximum Gasteiger partial charge on any atom is 0.229 e. The number of primary amides is 1. The van der Waals surface area contributed by atoms with Crippen LogP contribution in [-0.2, 0) is 10.2 Å². The smallest absolute Gasteiger partial charge is 0.229 e. The van der Waals surface area contributed by atoms with Crippen molar-refractivity contribution < 1.29 is 4.79 Å². The Morgan fingerprint density at radius 2 is 1.92 bits per heavy atom. The number of allylic oxidation sites excluding steroid dienone is 1. The first-order valence-electron chi connectivity index (χ1n) is 14.4. The van der Waals surface area contributed by atoms with E-state index in [0.29, 0.717) is 16.8 Å². The SMILES string of the molecule is CC1(C)CCCN(CCN2CCCC2)c2cc(Nc3ncc(Cl)c(N[C@H]4[C@@H](C(N)=O)[C@@H]5C=C[C@H]4C5)n3)ccc21. The Kier molecular flexibility index (Phi) is 7.18. The fraction of sp³-hybridized carbons (Fsp3) is 0.567. The molecule has 3 heterocycles. The number of aromatic nitrogens is 2. The van der Waals surface area contributed by atoms with Gasteiger partial charge in [-0.25, -0.2) is 4.98 Å². The van der Waals surface area contributed by atoms with Gasteiger partial charge in [-0.05, 0) is 80.1 Å². The van der Waals surface area contributed by atoms with Crippen molar-refractivity contribution in [3.63, 3.8) is 0 Å². The Hall–Kier alpha value is -2.84. The molecule has 1 amide bonds. The molecule has 2 aliphatic carbocycles. The van der Waals surface area contributed by atoms with Crippen molar-refractivity contribution in [2.24, 2.45) is 23.5 Å². The van der Waals surface area contributed by atoms with Crippen LogP contribution in [-0.4, -0.2) is 59.5 Å². The van der Waals surface area contributed by atoms with E-state index in [1.807, 2.05) is 0 Å². The number of anilines is 4. The number of nitrogens with one attached hydrogen (secondary N) is 2. The standard InChI is InChI=1S/C30H40ClN7O/c1-30(2)10-5-13-38(15-14-37-11-3-4-12-37)24-17-21(8-9-22(24)30)34-29-33-18-23(31)28(36-29)35-26-20-7-6-19(16-20)25(26)27(32)39/h6-9,17-20,25-26H,3-5,10-16H2,1-2H3,(H2,32,39)(H2,33,34,35,36)/t19-,20+,25+,26-/m1/s1. The summed E-state index contributed by atoms with van der Waals surface area (Å²) in [5.41, 5.74) is 9.52. The number of nitrogens with zero attached hydrogens (tertiary/aromatic N) is 4. The molecule has 208 valence electrons. The summed E-state index contributed by atoms with van der Waals surface area (Å²) in [5.74, 6) is 0.869. The highest BCUT2D eigenvalue weighted by molar-refractivity contribution is 6.32. The zero-order valence-electron chi connectivity index (χ0n) is 23.0. The molecule has 1 saturated carbocycles. The fourth-order valence-corrected chi connectivity index (χ4v) is 7.28. The van der Waals surface area contributed by atoms with E-state index in [0.717, 1.165) is 31.7 Å². The van der Waals surface area contributed by atoms with Crippen LogP contribution in [0.1, 0.15) is 51.5 Å². The second-order valence-electron chi connectivity index (χ2n) is 12.3. The largest absolute Gasteiger partial charge is 0.370 e. The molecule has 9 heteroatoms. The topological polar surface area (TPSA) is 99.4 Å². The van der Waals surface area contributed by atoms with Crippen molar-refractivity contribution in [1.82, 2.24) is 14.9 Å². The lowest BCUT2D eigenvalue weighted by Crippen LogP contribution is -2.41. The molecule has 2 bridgehead atoms. The number of halogens is 1. The molecule has 2 aromatic rings. The van der Waals surface area contributed by atoms with Gasteiger partial charge in [0, 0.05) is 37.1 Å². The first-order valence-corrected chi connectivity index (χ1v) is 14.8. The summed E-state index contributed by atoms with van der Waals surface area (Å²) in [4.78, 5) is 26.5. The predicted molar refractivity (Wildman–Crippen MR) is 158 cm³/mol. The third-order valence-corrected chi connectivity index (χ3v) is 9.55. The number of benzene rings is 1. The van der Waals surface area contributed by atoms with Gasteiger partial charge in [0.1, 0.15) is 5.02 Å². The van der Waals surface area contributed by atoms with Crippen LogP contribution in [0.15, 0.2) is 36.5 Å². The van der Waals surface area contributed by atoms with Crippen LogP contribution in [0.25, 0.3) is 0 Å². The number of hydrogen-bond donors (Lipinski definition) is 3. The molecule has 0 unspecified atom stereocenters. The lowest BCUT2D eigenvalue weighted by atomic mass is 9.80. The third kappa shape index (κ3) is 5.33. The molecule has 39 heavy (non-hydrogen) atoms. The van der Waals surface area contributed by atoms with Gasteiger partial charge in [0.2, 0.25) is 11.9 Å². The molecule has 0 spiro atoms. The van der Waals surface area contributed by atoms with E-state index in [1.165, 1.54) is 50.0 Å². The van der Waals surface area contributed by atoms with Crippen molar-refractivity contribution in [3.05, 3.63) is 47.1 Å². The summed E-state index contributed by atoms with van der Waals surface area (Å²) >= 11 is 6.50. The molecular formula is C30H40ClN7O. The van der Waals surface area contributed by atoms with Crippen molar-refractivity contribution in [2.45, 2.75) is 57.4 Å². The van der Waals surface area contributed by atoms with Crippen LogP contribution < -0.4 is 21.3 Å². The molecule has 4 N–H and O–H groups in total. The molecular weight excluding hydrogens is 510 g/mol. The van der Waals surface area contributed by atoms with Crippen molar-refractivity contribution in [2.75, 3.05) is 48.3 Å². The van der Waals surface area contributed by atoms with Gasteiger partial charge in [-0.2, -0.15) is 4.98 Å². The van der Waals surface area contributed by atoms with Crippen LogP contribution in [0.4, 0.5) is 23.1 Å². The minimum Gasteiger partial charge on any atom is -0.370 e.